The first kappa shape index (κ1) is 24.7. The zero-order valence-corrected chi connectivity index (χ0v) is 19.6. The summed E-state index contributed by atoms with van der Waals surface area (Å²) in [5.41, 5.74) is 1.11. The van der Waals surface area contributed by atoms with E-state index in [2.05, 4.69) is 5.32 Å². The molecule has 1 N–H and O–H groups in total. The van der Waals surface area contributed by atoms with Crippen LogP contribution in [0.2, 0.25) is 0 Å². The van der Waals surface area contributed by atoms with Crippen molar-refractivity contribution in [2.45, 2.75) is 63.2 Å². The van der Waals surface area contributed by atoms with Gasteiger partial charge in [-0.05, 0) is 43.4 Å². The summed E-state index contributed by atoms with van der Waals surface area (Å²) in [4.78, 5) is 24.4. The van der Waals surface area contributed by atoms with Crippen molar-refractivity contribution < 1.29 is 27.5 Å². The van der Waals surface area contributed by atoms with Crippen molar-refractivity contribution in [1.82, 2.24) is 4.31 Å². The van der Waals surface area contributed by atoms with E-state index in [-0.39, 0.29) is 17.5 Å². The minimum absolute atomic E-state index is 0.111. The number of hydrogen-bond donors (Lipinski definition) is 1. The lowest BCUT2D eigenvalue weighted by molar-refractivity contribution is -0.147. The number of morpholine rings is 1. The molecule has 1 heterocycles. The second-order valence-electron chi connectivity index (χ2n) is 8.60. The molecule has 0 unspecified atom stereocenters. The maximum Gasteiger partial charge on any atom is 0.306 e. The molecule has 0 spiro atoms. The van der Waals surface area contributed by atoms with Crippen LogP contribution in [-0.4, -0.2) is 57.5 Å². The van der Waals surface area contributed by atoms with Gasteiger partial charge in [0.15, 0.2) is 6.61 Å². The van der Waals surface area contributed by atoms with Gasteiger partial charge in [0, 0.05) is 25.2 Å². The number of nitrogens with one attached hydrogen (secondary N) is 1. The lowest BCUT2D eigenvalue weighted by Gasteiger charge is -2.26. The number of ether oxygens (including phenoxy) is 2. The molecule has 3 rings (SSSR count). The monoisotopic (exact) mass is 466 g/mol. The molecule has 1 aliphatic carbocycles. The van der Waals surface area contributed by atoms with Crippen LogP contribution in [0.15, 0.2) is 23.1 Å². The maximum absolute atomic E-state index is 12.9. The summed E-state index contributed by atoms with van der Waals surface area (Å²) in [7, 11) is -3.67. The summed E-state index contributed by atoms with van der Waals surface area (Å²) in [6, 6.07) is 4.63. The molecule has 8 nitrogen and oxygen atoms in total. The Hall–Kier alpha value is -1.97. The fourth-order valence-electron chi connectivity index (χ4n) is 4.25. The van der Waals surface area contributed by atoms with Gasteiger partial charge < -0.3 is 14.8 Å². The molecular formula is C23H34N2O6S. The van der Waals surface area contributed by atoms with Crippen molar-refractivity contribution in [1.29, 1.82) is 0 Å². The predicted molar refractivity (Wildman–Crippen MR) is 121 cm³/mol. The van der Waals surface area contributed by atoms with Gasteiger partial charge in [-0.15, -0.1) is 0 Å². The van der Waals surface area contributed by atoms with Crippen LogP contribution in [0.25, 0.3) is 0 Å². The van der Waals surface area contributed by atoms with Crippen LogP contribution >= 0.6 is 0 Å². The highest BCUT2D eigenvalue weighted by Crippen LogP contribution is 2.28. The topological polar surface area (TPSA) is 102 Å². The van der Waals surface area contributed by atoms with Crippen molar-refractivity contribution >= 4 is 27.6 Å². The second-order valence-corrected chi connectivity index (χ2v) is 10.5. The third-order valence-corrected chi connectivity index (χ3v) is 8.07. The number of carbonyl (C=O) groups excluding carboxylic acids is 2. The molecule has 1 saturated carbocycles. The Kier molecular flexibility index (Phi) is 9.07. The second kappa shape index (κ2) is 11.8. The molecule has 0 atom stereocenters. The number of rotatable bonds is 9. The summed E-state index contributed by atoms with van der Waals surface area (Å²) >= 11 is 0. The Balaban J connectivity index is 1.47. The lowest BCUT2D eigenvalue weighted by Crippen LogP contribution is -2.40. The van der Waals surface area contributed by atoms with Crippen LogP contribution in [0.3, 0.4) is 0 Å². The molecule has 1 aromatic rings. The van der Waals surface area contributed by atoms with E-state index < -0.39 is 15.9 Å². The summed E-state index contributed by atoms with van der Waals surface area (Å²) in [5.74, 6) is -0.158. The van der Waals surface area contributed by atoms with Crippen molar-refractivity contribution in [2.24, 2.45) is 5.92 Å². The van der Waals surface area contributed by atoms with Gasteiger partial charge in [-0.2, -0.15) is 4.31 Å². The molecule has 1 aromatic carbocycles. The van der Waals surface area contributed by atoms with Gasteiger partial charge in [-0.25, -0.2) is 8.42 Å². The van der Waals surface area contributed by atoms with E-state index in [4.69, 9.17) is 9.47 Å². The normalized spacial score (nSPS) is 18.3. The highest BCUT2D eigenvalue weighted by Gasteiger charge is 2.27. The van der Waals surface area contributed by atoms with E-state index in [1.165, 1.54) is 48.5 Å². The zero-order chi connectivity index (χ0) is 23.0. The molecule has 2 fully saturated rings. The fourth-order valence-corrected chi connectivity index (χ4v) is 5.68. The molecule has 2 aliphatic rings. The number of carbonyl (C=O) groups is 2. The Morgan fingerprint density at radius 1 is 1.16 bits per heavy atom. The number of amides is 1. The molecule has 1 saturated heterocycles. The van der Waals surface area contributed by atoms with Gasteiger partial charge >= 0.3 is 5.97 Å². The first-order valence-corrected chi connectivity index (χ1v) is 12.9. The van der Waals surface area contributed by atoms with Gasteiger partial charge in [0.1, 0.15) is 0 Å². The van der Waals surface area contributed by atoms with Gasteiger partial charge in [0.05, 0.1) is 18.1 Å². The Bertz CT molecular complexity index is 890. The molecule has 178 valence electrons. The van der Waals surface area contributed by atoms with Crippen LogP contribution in [0.4, 0.5) is 5.69 Å². The van der Waals surface area contributed by atoms with Crippen LogP contribution < -0.4 is 5.32 Å². The average molecular weight is 467 g/mol. The molecule has 1 amide bonds. The number of sulfonamides is 1. The van der Waals surface area contributed by atoms with Crippen LogP contribution in [0, 0.1) is 12.8 Å². The number of nitrogens with zero attached hydrogens (tertiary/aromatic N) is 1. The van der Waals surface area contributed by atoms with Crippen LogP contribution in [0.1, 0.15) is 56.9 Å². The maximum atomic E-state index is 12.9. The number of aryl methyl sites for hydroxylation is 1. The van der Waals surface area contributed by atoms with Crippen molar-refractivity contribution in [3.8, 4) is 0 Å². The Morgan fingerprint density at radius 2 is 1.88 bits per heavy atom. The van der Waals surface area contributed by atoms with Crippen molar-refractivity contribution in [3.05, 3.63) is 23.8 Å². The molecule has 32 heavy (non-hydrogen) atoms. The molecule has 0 bridgehead atoms. The van der Waals surface area contributed by atoms with Gasteiger partial charge in [0.2, 0.25) is 10.0 Å². The van der Waals surface area contributed by atoms with Crippen molar-refractivity contribution in [3.63, 3.8) is 0 Å². The Labute approximate surface area is 190 Å². The van der Waals surface area contributed by atoms with Gasteiger partial charge in [0.25, 0.3) is 5.91 Å². The summed E-state index contributed by atoms with van der Waals surface area (Å²) in [6.45, 7) is 2.71. The molecule has 0 aromatic heterocycles. The quantitative estimate of drug-likeness (QED) is 0.561. The Morgan fingerprint density at radius 3 is 2.59 bits per heavy atom. The summed E-state index contributed by atoms with van der Waals surface area (Å²) < 4.78 is 37.4. The average Bonchev–Trinajstić information content (AvgIpc) is 2.80. The molecule has 0 radical (unpaired) electrons. The van der Waals surface area contributed by atoms with Gasteiger partial charge in [-0.1, -0.05) is 38.2 Å². The zero-order valence-electron chi connectivity index (χ0n) is 18.8. The highest BCUT2D eigenvalue weighted by molar-refractivity contribution is 7.89. The SMILES string of the molecule is Cc1ccc(S(=O)(=O)N2CCOCC2)cc1NC(=O)COC(=O)CCCC1CCCCC1. The van der Waals surface area contributed by atoms with Crippen LogP contribution in [-0.2, 0) is 29.1 Å². The van der Waals surface area contributed by atoms with E-state index in [0.717, 1.165) is 18.4 Å². The third-order valence-electron chi connectivity index (χ3n) is 6.17. The molecular weight excluding hydrogens is 432 g/mol. The number of benzene rings is 1. The van der Waals surface area contributed by atoms with Crippen molar-refractivity contribution in [2.75, 3.05) is 38.2 Å². The highest BCUT2D eigenvalue weighted by atomic mass is 32.2. The lowest BCUT2D eigenvalue weighted by atomic mass is 9.86. The smallest absolute Gasteiger partial charge is 0.306 e. The molecule has 1 aliphatic heterocycles. The minimum Gasteiger partial charge on any atom is -0.456 e. The van der Waals surface area contributed by atoms with E-state index in [1.807, 2.05) is 0 Å². The number of esters is 1. The first-order valence-electron chi connectivity index (χ1n) is 11.5. The standard InChI is InChI=1S/C23H34N2O6S/c1-18-10-11-20(32(28,29)25-12-14-30-15-13-25)16-21(18)24-22(26)17-31-23(27)9-5-8-19-6-3-2-4-7-19/h10-11,16,19H,2-9,12-15,17H2,1H3,(H,24,26). The van der Waals surface area contributed by atoms with E-state index in [0.29, 0.717) is 44.3 Å². The van der Waals surface area contributed by atoms with E-state index in [9.17, 15) is 18.0 Å². The fraction of sp³-hybridized carbons (Fsp3) is 0.652. The summed E-state index contributed by atoms with van der Waals surface area (Å²) in [5, 5.41) is 2.66. The number of hydrogen-bond acceptors (Lipinski definition) is 6. The van der Waals surface area contributed by atoms with Gasteiger partial charge in [-0.3, -0.25) is 9.59 Å². The first-order chi connectivity index (χ1) is 15.4. The molecule has 9 heteroatoms. The van der Waals surface area contributed by atoms with E-state index >= 15 is 0 Å². The summed E-state index contributed by atoms with van der Waals surface area (Å²) in [6.07, 6.45) is 8.50. The predicted octanol–water partition coefficient (Wildman–Crippen LogP) is 3.25. The largest absolute Gasteiger partial charge is 0.456 e. The number of anilines is 1. The third kappa shape index (κ3) is 7.02. The van der Waals surface area contributed by atoms with Crippen LogP contribution in [0.5, 0.6) is 0 Å². The minimum atomic E-state index is -3.67. The van der Waals surface area contributed by atoms with E-state index in [1.54, 1.807) is 13.0 Å².